The summed E-state index contributed by atoms with van der Waals surface area (Å²) in [6.45, 7) is 5.59. The first-order chi connectivity index (χ1) is 7.84. The van der Waals surface area contributed by atoms with Gasteiger partial charge >= 0.3 is 6.03 Å². The molecule has 0 saturated carbocycles. The van der Waals surface area contributed by atoms with Gasteiger partial charge in [0.1, 0.15) is 0 Å². The molecule has 92 valence electrons. The van der Waals surface area contributed by atoms with E-state index in [9.17, 15) is 4.79 Å². The van der Waals surface area contributed by atoms with Crippen LogP contribution >= 0.6 is 0 Å². The van der Waals surface area contributed by atoms with E-state index in [1.54, 1.807) is 0 Å². The predicted molar refractivity (Wildman–Crippen MR) is 56.5 cm³/mol. The van der Waals surface area contributed by atoms with Crippen LogP contribution in [-0.2, 0) is 9.47 Å². The van der Waals surface area contributed by atoms with E-state index in [-0.39, 0.29) is 6.03 Å². The first-order valence-electron chi connectivity index (χ1n) is 5.57. The number of ether oxygens (including phenoxy) is 2. The Morgan fingerprint density at radius 2 is 1.19 bits per heavy atom. The average molecular weight is 230 g/mol. The third kappa shape index (κ3) is 3.60. The zero-order valence-corrected chi connectivity index (χ0v) is 9.28. The lowest BCUT2D eigenvalue weighted by Gasteiger charge is -2.30. The summed E-state index contributed by atoms with van der Waals surface area (Å²) in [6, 6.07) is -0.191. The second-order valence-corrected chi connectivity index (χ2v) is 3.75. The Hall–Kier alpha value is -0.890. The third-order valence-corrected chi connectivity index (χ3v) is 2.54. The van der Waals surface area contributed by atoms with Gasteiger partial charge in [0.05, 0.1) is 26.4 Å². The number of rotatable bonds is 2. The molecule has 0 spiro atoms. The first kappa shape index (κ1) is 11.6. The molecule has 2 rings (SSSR count). The maximum absolute atomic E-state index is 11.6. The molecule has 2 amide bonds. The Labute approximate surface area is 94.6 Å². The smallest absolute Gasteiger partial charge is 0.343 e. The molecule has 0 aromatic carbocycles. The molecular weight excluding hydrogens is 212 g/mol. The molecule has 0 atom stereocenters. The topological polar surface area (TPSA) is 66.1 Å². The van der Waals surface area contributed by atoms with Crippen molar-refractivity contribution in [2.45, 2.75) is 0 Å². The highest BCUT2D eigenvalue weighted by Gasteiger charge is 2.16. The van der Waals surface area contributed by atoms with Crippen LogP contribution in [0.3, 0.4) is 0 Å². The lowest BCUT2D eigenvalue weighted by Crippen LogP contribution is -2.57. The Morgan fingerprint density at radius 3 is 1.56 bits per heavy atom. The molecule has 7 nitrogen and oxygen atoms in total. The van der Waals surface area contributed by atoms with Gasteiger partial charge in [0.25, 0.3) is 0 Å². The van der Waals surface area contributed by atoms with E-state index in [1.165, 1.54) is 0 Å². The van der Waals surface area contributed by atoms with E-state index in [0.29, 0.717) is 26.4 Å². The predicted octanol–water partition coefficient (Wildman–Crippen LogP) is -1.22. The highest BCUT2D eigenvalue weighted by molar-refractivity contribution is 5.72. The number of hydrogen-bond acceptors (Lipinski definition) is 5. The summed E-state index contributed by atoms with van der Waals surface area (Å²) in [4.78, 5) is 11.6. The molecule has 2 heterocycles. The fraction of sp³-hybridized carbons (Fsp3) is 0.889. The van der Waals surface area contributed by atoms with Crippen LogP contribution in [0.2, 0.25) is 0 Å². The van der Waals surface area contributed by atoms with E-state index in [4.69, 9.17) is 9.47 Å². The average Bonchev–Trinajstić information content (AvgIpc) is 2.31. The molecule has 0 aromatic rings. The molecule has 0 unspecified atom stereocenters. The van der Waals surface area contributed by atoms with Crippen LogP contribution in [-0.4, -0.2) is 68.7 Å². The van der Waals surface area contributed by atoms with Crippen molar-refractivity contribution in [2.75, 3.05) is 52.6 Å². The minimum atomic E-state index is -0.191. The highest BCUT2D eigenvalue weighted by Crippen LogP contribution is 1.94. The van der Waals surface area contributed by atoms with Crippen molar-refractivity contribution in [3.63, 3.8) is 0 Å². The number of carbonyl (C=O) groups excluding carboxylic acids is 1. The van der Waals surface area contributed by atoms with Crippen molar-refractivity contribution in [2.24, 2.45) is 0 Å². The van der Waals surface area contributed by atoms with Crippen molar-refractivity contribution < 1.29 is 14.3 Å². The van der Waals surface area contributed by atoms with Gasteiger partial charge < -0.3 is 9.47 Å². The maximum Gasteiger partial charge on any atom is 0.343 e. The van der Waals surface area contributed by atoms with Gasteiger partial charge in [0, 0.05) is 26.2 Å². The van der Waals surface area contributed by atoms with Gasteiger partial charge in [-0.2, -0.15) is 0 Å². The van der Waals surface area contributed by atoms with Crippen molar-refractivity contribution >= 4 is 6.03 Å². The Balaban J connectivity index is 1.66. The van der Waals surface area contributed by atoms with Crippen LogP contribution in [0.5, 0.6) is 0 Å². The summed E-state index contributed by atoms with van der Waals surface area (Å²) in [7, 11) is 0. The molecule has 0 aromatic heterocycles. The molecule has 2 fully saturated rings. The second kappa shape index (κ2) is 6.00. The second-order valence-electron chi connectivity index (χ2n) is 3.75. The molecule has 0 radical (unpaired) electrons. The third-order valence-electron chi connectivity index (χ3n) is 2.54. The summed E-state index contributed by atoms with van der Waals surface area (Å²) in [5.74, 6) is 0. The van der Waals surface area contributed by atoms with Gasteiger partial charge in [0.2, 0.25) is 0 Å². The minimum Gasteiger partial charge on any atom is -0.379 e. The Kier molecular flexibility index (Phi) is 4.34. The van der Waals surface area contributed by atoms with E-state index in [2.05, 4.69) is 10.9 Å². The largest absolute Gasteiger partial charge is 0.379 e. The van der Waals surface area contributed by atoms with Crippen molar-refractivity contribution in [3.8, 4) is 0 Å². The SMILES string of the molecule is O=C(NN1CCOCC1)NN1CCOCC1. The van der Waals surface area contributed by atoms with Gasteiger partial charge in [-0.15, -0.1) is 0 Å². The summed E-state index contributed by atoms with van der Waals surface area (Å²) in [6.07, 6.45) is 0. The number of amides is 2. The minimum absolute atomic E-state index is 0.191. The molecule has 2 saturated heterocycles. The highest BCUT2D eigenvalue weighted by atomic mass is 16.5. The first-order valence-corrected chi connectivity index (χ1v) is 5.57. The van der Waals surface area contributed by atoms with Gasteiger partial charge in [-0.25, -0.2) is 14.8 Å². The standard InChI is InChI=1S/C9H18N4O3/c14-9(10-12-1-5-15-6-2-12)11-13-3-7-16-8-4-13/h1-8H2,(H2,10,11,14). The van der Waals surface area contributed by atoms with Crippen LogP contribution < -0.4 is 10.9 Å². The number of hydrazine groups is 2. The molecule has 2 aliphatic rings. The van der Waals surface area contributed by atoms with Gasteiger partial charge in [-0.1, -0.05) is 0 Å². The molecular formula is C9H18N4O3. The fourth-order valence-electron chi connectivity index (χ4n) is 1.66. The van der Waals surface area contributed by atoms with Crippen LogP contribution in [0.4, 0.5) is 4.79 Å². The van der Waals surface area contributed by atoms with Crippen molar-refractivity contribution in [1.82, 2.24) is 20.9 Å². The van der Waals surface area contributed by atoms with Crippen LogP contribution in [0.25, 0.3) is 0 Å². The zero-order chi connectivity index (χ0) is 11.2. The molecule has 7 heteroatoms. The molecule has 0 bridgehead atoms. The van der Waals surface area contributed by atoms with Gasteiger partial charge in [-0.3, -0.25) is 10.9 Å². The number of urea groups is 1. The number of nitrogens with zero attached hydrogens (tertiary/aromatic N) is 2. The number of nitrogens with one attached hydrogen (secondary N) is 2. The molecule has 2 aliphatic heterocycles. The lowest BCUT2D eigenvalue weighted by atomic mass is 10.5. The number of carbonyl (C=O) groups is 1. The number of hydrogen-bond donors (Lipinski definition) is 2. The van der Waals surface area contributed by atoms with Crippen LogP contribution in [0, 0.1) is 0 Å². The van der Waals surface area contributed by atoms with E-state index in [1.807, 2.05) is 10.0 Å². The van der Waals surface area contributed by atoms with E-state index in [0.717, 1.165) is 26.2 Å². The summed E-state index contributed by atoms with van der Waals surface area (Å²) in [5.41, 5.74) is 5.57. The van der Waals surface area contributed by atoms with E-state index < -0.39 is 0 Å². The van der Waals surface area contributed by atoms with E-state index >= 15 is 0 Å². The fourth-order valence-corrected chi connectivity index (χ4v) is 1.66. The zero-order valence-electron chi connectivity index (χ0n) is 9.28. The van der Waals surface area contributed by atoms with Gasteiger partial charge in [-0.05, 0) is 0 Å². The molecule has 2 N–H and O–H groups in total. The molecule has 16 heavy (non-hydrogen) atoms. The van der Waals surface area contributed by atoms with Gasteiger partial charge in [0.15, 0.2) is 0 Å². The maximum atomic E-state index is 11.6. The normalized spacial score (nSPS) is 24.0. The Morgan fingerprint density at radius 1 is 0.812 bits per heavy atom. The monoisotopic (exact) mass is 230 g/mol. The van der Waals surface area contributed by atoms with Crippen LogP contribution in [0.1, 0.15) is 0 Å². The lowest BCUT2D eigenvalue weighted by molar-refractivity contribution is 0.00503. The Bertz CT molecular complexity index is 205. The molecule has 0 aliphatic carbocycles. The van der Waals surface area contributed by atoms with Crippen LogP contribution in [0.15, 0.2) is 0 Å². The summed E-state index contributed by atoms with van der Waals surface area (Å²) >= 11 is 0. The number of morpholine rings is 2. The van der Waals surface area contributed by atoms with Crippen molar-refractivity contribution in [1.29, 1.82) is 0 Å². The summed E-state index contributed by atoms with van der Waals surface area (Å²) < 4.78 is 10.4. The quantitative estimate of drug-likeness (QED) is 0.622. The summed E-state index contributed by atoms with van der Waals surface area (Å²) in [5, 5.41) is 3.72. The van der Waals surface area contributed by atoms with Crippen molar-refractivity contribution in [3.05, 3.63) is 0 Å².